The van der Waals surface area contributed by atoms with Gasteiger partial charge in [-0.25, -0.2) is 9.18 Å². The van der Waals surface area contributed by atoms with E-state index in [0.29, 0.717) is 33.6 Å². The molecule has 0 saturated carbocycles. The molecule has 0 bridgehead atoms. The van der Waals surface area contributed by atoms with Crippen LogP contribution in [0.5, 0.6) is 5.75 Å². The Hall–Kier alpha value is -4.39. The highest BCUT2D eigenvalue weighted by Gasteiger charge is 2.37. The molecule has 6 rings (SSSR count). The van der Waals surface area contributed by atoms with Crippen molar-refractivity contribution >= 4 is 10.9 Å². The number of nitrogens with zero attached hydrogens (tertiary/aromatic N) is 3. The van der Waals surface area contributed by atoms with Crippen molar-refractivity contribution in [1.82, 2.24) is 13.7 Å². The van der Waals surface area contributed by atoms with E-state index in [2.05, 4.69) is 0 Å². The third kappa shape index (κ3) is 3.02. The van der Waals surface area contributed by atoms with Crippen LogP contribution < -0.4 is 16.0 Å². The monoisotopic (exact) mass is 481 g/mol. The lowest BCUT2D eigenvalue weighted by atomic mass is 10.0. The topological polar surface area (TPSA) is 58.2 Å². The molecule has 0 aliphatic carbocycles. The van der Waals surface area contributed by atoms with E-state index >= 15 is 4.39 Å². The van der Waals surface area contributed by atoms with Gasteiger partial charge in [-0.1, -0.05) is 54.1 Å². The summed E-state index contributed by atoms with van der Waals surface area (Å²) in [7, 11) is 3.11. The summed E-state index contributed by atoms with van der Waals surface area (Å²) < 4.78 is 26.2. The van der Waals surface area contributed by atoms with Crippen LogP contribution in [0.15, 0.2) is 76.3 Å². The zero-order valence-electron chi connectivity index (χ0n) is 20.4. The number of ether oxygens (including phenoxy) is 1. The highest BCUT2D eigenvalue weighted by molar-refractivity contribution is 5.98. The highest BCUT2D eigenvalue weighted by atomic mass is 19.1. The first-order valence-corrected chi connectivity index (χ1v) is 11.7. The molecule has 2 aromatic heterocycles. The van der Waals surface area contributed by atoms with Crippen molar-refractivity contribution in [2.45, 2.75) is 20.0 Å². The van der Waals surface area contributed by atoms with E-state index in [1.807, 2.05) is 60.9 Å². The molecule has 0 saturated heterocycles. The molecule has 1 atom stereocenters. The van der Waals surface area contributed by atoms with Crippen molar-refractivity contribution in [3.05, 3.63) is 116 Å². The van der Waals surface area contributed by atoms with Gasteiger partial charge in [0.05, 0.1) is 28.0 Å². The zero-order valence-corrected chi connectivity index (χ0v) is 20.4. The largest absolute Gasteiger partial charge is 0.477 e. The first-order chi connectivity index (χ1) is 17.3. The van der Waals surface area contributed by atoms with Crippen molar-refractivity contribution in [1.29, 1.82) is 0 Å². The molecule has 3 aromatic carbocycles. The number of aryl methyl sites for hydroxylation is 3. The van der Waals surface area contributed by atoms with Crippen molar-refractivity contribution < 1.29 is 9.13 Å². The number of aromatic nitrogens is 3. The lowest BCUT2D eigenvalue weighted by Crippen LogP contribution is -2.37. The van der Waals surface area contributed by atoms with Gasteiger partial charge in [-0.2, -0.15) is 0 Å². The maximum absolute atomic E-state index is 15.2. The molecule has 36 heavy (non-hydrogen) atoms. The van der Waals surface area contributed by atoms with Crippen LogP contribution in [0.4, 0.5) is 4.39 Å². The molecule has 0 unspecified atom stereocenters. The molecule has 7 heteroatoms. The Morgan fingerprint density at radius 2 is 1.56 bits per heavy atom. The third-order valence-electron chi connectivity index (χ3n) is 6.97. The maximum Gasteiger partial charge on any atom is 0.331 e. The SMILES string of the molecule is Cc1ccc(-c2c3c(=O)n(C)c(=O)n(C)c3c3n2-c2cc(C)ccc2O[C@@H]3c2ccccc2F)cc1. The van der Waals surface area contributed by atoms with Crippen molar-refractivity contribution in [2.24, 2.45) is 14.1 Å². The fourth-order valence-corrected chi connectivity index (χ4v) is 5.16. The van der Waals surface area contributed by atoms with Crippen LogP contribution in [0.1, 0.15) is 28.5 Å². The van der Waals surface area contributed by atoms with Crippen molar-refractivity contribution in [3.8, 4) is 22.7 Å². The average molecular weight is 482 g/mol. The van der Waals surface area contributed by atoms with Crippen molar-refractivity contribution in [3.63, 3.8) is 0 Å². The molecular weight excluding hydrogens is 457 g/mol. The number of hydrogen-bond donors (Lipinski definition) is 0. The minimum Gasteiger partial charge on any atom is -0.477 e. The summed E-state index contributed by atoms with van der Waals surface area (Å²) in [5.41, 5.74) is 4.71. The molecule has 5 aromatic rings. The summed E-state index contributed by atoms with van der Waals surface area (Å²) in [5, 5.41) is 0.387. The second kappa shape index (κ2) is 7.81. The molecule has 0 fully saturated rings. The van der Waals surface area contributed by atoms with E-state index < -0.39 is 23.2 Å². The van der Waals surface area contributed by atoms with Gasteiger partial charge in [0, 0.05) is 19.7 Å². The molecule has 0 amide bonds. The van der Waals surface area contributed by atoms with Crippen LogP contribution in [0, 0.1) is 19.7 Å². The molecule has 0 radical (unpaired) electrons. The summed E-state index contributed by atoms with van der Waals surface area (Å²) in [6.07, 6.45) is -0.874. The summed E-state index contributed by atoms with van der Waals surface area (Å²) in [6, 6.07) is 20.1. The molecule has 6 nitrogen and oxygen atoms in total. The Kier molecular flexibility index (Phi) is 4.80. The van der Waals surface area contributed by atoms with E-state index in [-0.39, 0.29) is 0 Å². The first kappa shape index (κ1) is 22.1. The Bertz CT molecular complexity index is 1810. The van der Waals surface area contributed by atoms with E-state index in [1.54, 1.807) is 25.2 Å². The third-order valence-corrected chi connectivity index (χ3v) is 6.97. The zero-order chi connectivity index (χ0) is 25.3. The van der Waals surface area contributed by atoms with Gasteiger partial charge in [-0.15, -0.1) is 0 Å². The van der Waals surface area contributed by atoms with Gasteiger partial charge in [0.25, 0.3) is 5.56 Å². The van der Waals surface area contributed by atoms with E-state index in [4.69, 9.17) is 4.74 Å². The lowest BCUT2D eigenvalue weighted by Gasteiger charge is -2.30. The summed E-state index contributed by atoms with van der Waals surface area (Å²) in [5.74, 6) is 0.140. The Labute approximate surface area is 206 Å². The van der Waals surface area contributed by atoms with Crippen LogP contribution in [0.3, 0.4) is 0 Å². The van der Waals surface area contributed by atoms with Gasteiger partial charge < -0.3 is 9.30 Å². The van der Waals surface area contributed by atoms with Crippen LogP contribution in [-0.2, 0) is 14.1 Å². The van der Waals surface area contributed by atoms with Gasteiger partial charge in [0.2, 0.25) is 0 Å². The molecular formula is C29H24FN3O3. The van der Waals surface area contributed by atoms with E-state index in [9.17, 15) is 9.59 Å². The number of fused-ring (bicyclic) bond motifs is 5. The second-order valence-corrected chi connectivity index (χ2v) is 9.36. The highest BCUT2D eigenvalue weighted by Crippen LogP contribution is 2.47. The number of rotatable bonds is 2. The minimum atomic E-state index is -0.874. The number of benzene rings is 3. The molecule has 1 aliphatic rings. The summed E-state index contributed by atoms with van der Waals surface area (Å²) >= 11 is 0. The smallest absolute Gasteiger partial charge is 0.331 e. The van der Waals surface area contributed by atoms with E-state index in [0.717, 1.165) is 26.9 Å². The molecule has 0 N–H and O–H groups in total. The molecule has 3 heterocycles. The van der Waals surface area contributed by atoms with Crippen molar-refractivity contribution in [2.75, 3.05) is 0 Å². The van der Waals surface area contributed by atoms with Crippen LogP contribution in [0.25, 0.3) is 27.8 Å². The van der Waals surface area contributed by atoms with Gasteiger partial charge >= 0.3 is 5.69 Å². The Balaban J connectivity index is 1.88. The fourth-order valence-electron chi connectivity index (χ4n) is 5.16. The van der Waals surface area contributed by atoms with Gasteiger partial charge in [-0.05, 0) is 43.2 Å². The molecule has 180 valence electrons. The number of halogens is 1. The predicted octanol–water partition coefficient (Wildman–Crippen LogP) is 4.93. The normalized spacial score (nSPS) is 14.4. The quantitative estimate of drug-likeness (QED) is 0.359. The molecule has 1 aliphatic heterocycles. The van der Waals surface area contributed by atoms with E-state index in [1.165, 1.54) is 17.7 Å². The van der Waals surface area contributed by atoms with Gasteiger partial charge in [0.1, 0.15) is 11.6 Å². The standard InChI is InChI=1S/C29H24FN3O3/c1-16-9-12-18(13-10-16)24-23-25(31(3)29(35)32(4)28(23)34)26-27(19-7-5-6-8-20(19)30)36-22-14-11-17(2)15-21(22)33(24)26/h5-15,27H,1-4H3/t27-/m1/s1. The second-order valence-electron chi connectivity index (χ2n) is 9.36. The van der Waals surface area contributed by atoms with Gasteiger partial charge in [-0.3, -0.25) is 13.9 Å². The van der Waals surface area contributed by atoms with Gasteiger partial charge in [0.15, 0.2) is 6.10 Å². The summed E-state index contributed by atoms with van der Waals surface area (Å²) in [6.45, 7) is 3.98. The minimum absolute atomic E-state index is 0.327. The average Bonchev–Trinajstić information content (AvgIpc) is 3.23. The van der Waals surface area contributed by atoms with Crippen LogP contribution in [0.2, 0.25) is 0 Å². The predicted molar refractivity (Wildman–Crippen MR) is 138 cm³/mol. The number of hydrogen-bond acceptors (Lipinski definition) is 3. The Morgan fingerprint density at radius 3 is 2.28 bits per heavy atom. The summed E-state index contributed by atoms with van der Waals surface area (Å²) in [4.78, 5) is 26.8. The van der Waals surface area contributed by atoms with Crippen LogP contribution in [-0.4, -0.2) is 13.7 Å². The Morgan fingerprint density at radius 1 is 0.861 bits per heavy atom. The maximum atomic E-state index is 15.2. The fraction of sp³-hybridized carbons (Fsp3) is 0.172. The van der Waals surface area contributed by atoms with Crippen LogP contribution >= 0.6 is 0 Å². The lowest BCUT2D eigenvalue weighted by molar-refractivity contribution is 0.224. The molecule has 0 spiro atoms. The first-order valence-electron chi connectivity index (χ1n) is 11.7.